The van der Waals surface area contributed by atoms with Gasteiger partial charge in [-0.05, 0) is 27.6 Å². The van der Waals surface area contributed by atoms with Gasteiger partial charge < -0.3 is 5.11 Å². The van der Waals surface area contributed by atoms with Crippen molar-refractivity contribution < 1.29 is 5.11 Å². The van der Waals surface area contributed by atoms with Crippen molar-refractivity contribution in [2.24, 2.45) is 0 Å². The highest BCUT2D eigenvalue weighted by Gasteiger charge is 2.10. The Balaban J connectivity index is 2.09. The molecule has 0 saturated heterocycles. The van der Waals surface area contributed by atoms with Crippen LogP contribution < -0.4 is 0 Å². The molecule has 2 heterocycles. The molecule has 1 atom stereocenters. The van der Waals surface area contributed by atoms with Crippen molar-refractivity contribution in [1.82, 2.24) is 9.97 Å². The van der Waals surface area contributed by atoms with Crippen LogP contribution in [0.4, 0.5) is 0 Å². The third-order valence-electron chi connectivity index (χ3n) is 1.98. The van der Waals surface area contributed by atoms with Gasteiger partial charge in [0.15, 0.2) is 0 Å². The van der Waals surface area contributed by atoms with E-state index >= 15 is 0 Å². The molecular formula is C10H9BrN2OS. The Hall–Kier alpha value is -0.780. The van der Waals surface area contributed by atoms with Gasteiger partial charge in [-0.2, -0.15) is 0 Å². The zero-order chi connectivity index (χ0) is 10.7. The van der Waals surface area contributed by atoms with E-state index in [2.05, 4.69) is 25.9 Å². The maximum absolute atomic E-state index is 9.85. The summed E-state index contributed by atoms with van der Waals surface area (Å²) in [4.78, 5) is 8.11. The zero-order valence-electron chi connectivity index (χ0n) is 7.80. The molecule has 0 bridgehead atoms. The van der Waals surface area contributed by atoms with Crippen molar-refractivity contribution in [3.05, 3.63) is 45.1 Å². The number of thiazole rings is 1. The molecule has 3 nitrogen and oxygen atoms in total. The van der Waals surface area contributed by atoms with Gasteiger partial charge in [0.25, 0.3) is 0 Å². The van der Waals surface area contributed by atoms with E-state index in [4.69, 9.17) is 0 Å². The SMILES string of the molecule is OC(Cc1cncc(Br)c1)c1cscn1. The van der Waals surface area contributed by atoms with Crippen LogP contribution in [0.2, 0.25) is 0 Å². The van der Waals surface area contributed by atoms with Gasteiger partial charge in [-0.3, -0.25) is 4.98 Å². The van der Waals surface area contributed by atoms with Gasteiger partial charge >= 0.3 is 0 Å². The number of rotatable bonds is 3. The molecule has 0 fully saturated rings. The number of nitrogens with zero attached hydrogens (tertiary/aromatic N) is 2. The summed E-state index contributed by atoms with van der Waals surface area (Å²) >= 11 is 4.83. The van der Waals surface area contributed by atoms with E-state index in [-0.39, 0.29) is 0 Å². The fraction of sp³-hybridized carbons (Fsp3) is 0.200. The monoisotopic (exact) mass is 284 g/mol. The van der Waals surface area contributed by atoms with Gasteiger partial charge in [0.1, 0.15) is 6.10 Å². The molecule has 2 rings (SSSR count). The maximum Gasteiger partial charge on any atom is 0.101 e. The van der Waals surface area contributed by atoms with Crippen molar-refractivity contribution in [2.75, 3.05) is 0 Å². The smallest absolute Gasteiger partial charge is 0.101 e. The first kappa shape index (κ1) is 10.7. The van der Waals surface area contributed by atoms with Crippen LogP contribution in [0.5, 0.6) is 0 Å². The lowest BCUT2D eigenvalue weighted by atomic mass is 10.1. The summed E-state index contributed by atoms with van der Waals surface area (Å²) in [5.41, 5.74) is 3.43. The molecule has 2 aromatic heterocycles. The lowest BCUT2D eigenvalue weighted by Crippen LogP contribution is -2.02. The van der Waals surface area contributed by atoms with Crippen molar-refractivity contribution in [2.45, 2.75) is 12.5 Å². The summed E-state index contributed by atoms with van der Waals surface area (Å²) in [5, 5.41) is 11.7. The summed E-state index contributed by atoms with van der Waals surface area (Å²) in [6.07, 6.45) is 3.46. The number of hydrogen-bond acceptors (Lipinski definition) is 4. The van der Waals surface area contributed by atoms with Crippen LogP contribution in [0.3, 0.4) is 0 Å². The minimum atomic E-state index is -0.549. The van der Waals surface area contributed by atoms with E-state index in [0.717, 1.165) is 15.7 Å². The van der Waals surface area contributed by atoms with Gasteiger partial charge in [-0.15, -0.1) is 11.3 Å². The van der Waals surface area contributed by atoms with Crippen LogP contribution in [0.1, 0.15) is 17.4 Å². The first-order valence-corrected chi connectivity index (χ1v) is 6.15. The molecule has 78 valence electrons. The molecule has 15 heavy (non-hydrogen) atoms. The van der Waals surface area contributed by atoms with Crippen molar-refractivity contribution in [1.29, 1.82) is 0 Å². The molecule has 5 heteroatoms. The number of pyridine rings is 1. The van der Waals surface area contributed by atoms with Gasteiger partial charge in [0, 0.05) is 28.7 Å². The molecular weight excluding hydrogens is 276 g/mol. The van der Waals surface area contributed by atoms with Gasteiger partial charge in [0.05, 0.1) is 11.2 Å². The number of hydrogen-bond donors (Lipinski definition) is 1. The molecule has 2 aromatic rings. The summed E-state index contributed by atoms with van der Waals surface area (Å²) in [6, 6.07) is 1.95. The Morgan fingerprint density at radius 3 is 3.00 bits per heavy atom. The molecule has 0 saturated carbocycles. The van der Waals surface area contributed by atoms with Crippen molar-refractivity contribution in [3.8, 4) is 0 Å². The molecule has 0 aromatic carbocycles. The van der Waals surface area contributed by atoms with Gasteiger partial charge in [0.2, 0.25) is 0 Å². The van der Waals surface area contributed by atoms with Crippen molar-refractivity contribution >= 4 is 27.3 Å². The Morgan fingerprint density at radius 1 is 1.47 bits per heavy atom. The maximum atomic E-state index is 9.85. The second kappa shape index (κ2) is 4.83. The second-order valence-corrected chi connectivity index (χ2v) is 4.78. The molecule has 0 spiro atoms. The van der Waals surface area contributed by atoms with E-state index in [1.807, 2.05) is 11.4 Å². The zero-order valence-corrected chi connectivity index (χ0v) is 10.2. The average molecular weight is 285 g/mol. The van der Waals surface area contributed by atoms with E-state index in [9.17, 15) is 5.11 Å². The standard InChI is InChI=1S/C10H9BrN2OS/c11-8-1-7(3-12-4-8)2-10(14)9-5-15-6-13-9/h1,3-6,10,14H,2H2. The van der Waals surface area contributed by atoms with E-state index in [1.54, 1.807) is 17.9 Å². The summed E-state index contributed by atoms with van der Waals surface area (Å²) in [6.45, 7) is 0. The number of aliphatic hydroxyl groups is 1. The molecule has 0 amide bonds. The Labute approximate surface area is 100.0 Å². The summed E-state index contributed by atoms with van der Waals surface area (Å²) in [5.74, 6) is 0. The molecule has 0 aliphatic heterocycles. The largest absolute Gasteiger partial charge is 0.386 e. The van der Waals surface area contributed by atoms with E-state index < -0.39 is 6.10 Å². The number of halogens is 1. The summed E-state index contributed by atoms with van der Waals surface area (Å²) in [7, 11) is 0. The lowest BCUT2D eigenvalue weighted by Gasteiger charge is -2.07. The first-order chi connectivity index (χ1) is 7.25. The van der Waals surface area contributed by atoms with Crippen LogP contribution >= 0.6 is 27.3 Å². The minimum Gasteiger partial charge on any atom is -0.386 e. The number of aliphatic hydroxyl groups excluding tert-OH is 1. The molecule has 1 N–H and O–H groups in total. The molecule has 0 radical (unpaired) electrons. The van der Waals surface area contributed by atoms with Crippen LogP contribution in [0.25, 0.3) is 0 Å². The normalized spacial score (nSPS) is 12.7. The molecule has 0 aliphatic rings. The minimum absolute atomic E-state index is 0.538. The predicted octanol–water partition coefficient (Wildman–Crippen LogP) is 2.58. The van der Waals surface area contributed by atoms with Crippen molar-refractivity contribution in [3.63, 3.8) is 0 Å². The van der Waals surface area contributed by atoms with Crippen LogP contribution in [0, 0.1) is 0 Å². The second-order valence-electron chi connectivity index (χ2n) is 3.14. The summed E-state index contributed by atoms with van der Waals surface area (Å²) < 4.78 is 0.922. The van der Waals surface area contributed by atoms with E-state index in [1.165, 1.54) is 11.3 Å². The van der Waals surface area contributed by atoms with Crippen LogP contribution in [0.15, 0.2) is 33.8 Å². The molecule has 1 unspecified atom stereocenters. The van der Waals surface area contributed by atoms with Gasteiger partial charge in [-0.25, -0.2) is 4.98 Å². The fourth-order valence-electron chi connectivity index (χ4n) is 1.28. The topological polar surface area (TPSA) is 46.0 Å². The highest BCUT2D eigenvalue weighted by atomic mass is 79.9. The predicted molar refractivity (Wildman–Crippen MR) is 62.7 cm³/mol. The lowest BCUT2D eigenvalue weighted by molar-refractivity contribution is 0.174. The van der Waals surface area contributed by atoms with Crippen LogP contribution in [-0.4, -0.2) is 15.1 Å². The Kier molecular flexibility index (Phi) is 3.45. The van der Waals surface area contributed by atoms with Crippen LogP contribution in [-0.2, 0) is 6.42 Å². The third kappa shape index (κ3) is 2.84. The quantitative estimate of drug-likeness (QED) is 0.942. The Bertz CT molecular complexity index is 433. The fourth-order valence-corrected chi connectivity index (χ4v) is 2.29. The third-order valence-corrected chi connectivity index (χ3v) is 3.02. The van der Waals surface area contributed by atoms with E-state index in [0.29, 0.717) is 6.42 Å². The average Bonchev–Trinajstić information content (AvgIpc) is 2.70. The Morgan fingerprint density at radius 2 is 2.33 bits per heavy atom. The highest BCUT2D eigenvalue weighted by molar-refractivity contribution is 9.10. The highest BCUT2D eigenvalue weighted by Crippen LogP contribution is 2.19. The first-order valence-electron chi connectivity index (χ1n) is 4.41. The van der Waals surface area contributed by atoms with Gasteiger partial charge in [-0.1, -0.05) is 0 Å². The number of aromatic nitrogens is 2. The molecule has 0 aliphatic carbocycles.